The van der Waals surface area contributed by atoms with E-state index < -0.39 is 30.2 Å². The van der Waals surface area contributed by atoms with E-state index in [1.165, 1.54) is 12.1 Å². The van der Waals surface area contributed by atoms with Gasteiger partial charge in [-0.2, -0.15) is 26.3 Å². The number of benzene rings is 1. The van der Waals surface area contributed by atoms with E-state index in [9.17, 15) is 31.1 Å². The first kappa shape index (κ1) is 24.7. The number of rotatable bonds is 6. The largest absolute Gasteiger partial charge is 0.416 e. The van der Waals surface area contributed by atoms with Crippen LogP contribution < -0.4 is 10.2 Å². The van der Waals surface area contributed by atoms with Crippen LogP contribution in [-0.2, 0) is 11.0 Å². The molecule has 10 heteroatoms. The van der Waals surface area contributed by atoms with E-state index in [0.29, 0.717) is 37.5 Å². The second-order valence-electron chi connectivity index (χ2n) is 8.74. The molecule has 1 aromatic rings. The van der Waals surface area contributed by atoms with Gasteiger partial charge in [-0.15, -0.1) is 0 Å². The van der Waals surface area contributed by atoms with E-state index in [-0.39, 0.29) is 6.04 Å². The fourth-order valence-electron chi connectivity index (χ4n) is 4.53. The number of hydrogen-bond acceptors (Lipinski definition) is 3. The number of carbonyl (C=O) groups is 1. The van der Waals surface area contributed by atoms with Gasteiger partial charge in [0.25, 0.3) is 0 Å². The Morgan fingerprint density at radius 1 is 0.969 bits per heavy atom. The molecule has 0 radical (unpaired) electrons. The molecule has 1 saturated heterocycles. The molecule has 4 nitrogen and oxygen atoms in total. The van der Waals surface area contributed by atoms with E-state index >= 15 is 0 Å². The number of alkyl halides is 6. The van der Waals surface area contributed by atoms with Gasteiger partial charge in [0.05, 0.1) is 5.56 Å². The number of halogens is 6. The summed E-state index contributed by atoms with van der Waals surface area (Å²) in [6.07, 6.45) is -6.14. The molecular weight excluding hydrogens is 436 g/mol. The van der Waals surface area contributed by atoms with Gasteiger partial charge in [-0.05, 0) is 62.8 Å². The Kier molecular flexibility index (Phi) is 7.95. The van der Waals surface area contributed by atoms with Crippen molar-refractivity contribution in [2.24, 2.45) is 5.92 Å². The zero-order chi connectivity index (χ0) is 23.4. The number of carbonyl (C=O) groups excluding carboxylic acids is 1. The van der Waals surface area contributed by atoms with Gasteiger partial charge >= 0.3 is 12.4 Å². The van der Waals surface area contributed by atoms with Gasteiger partial charge < -0.3 is 10.2 Å². The Morgan fingerprint density at radius 3 is 2.22 bits per heavy atom. The van der Waals surface area contributed by atoms with Crippen molar-refractivity contribution in [3.8, 4) is 0 Å². The standard InChI is InChI=1S/C22H29F6N3O/c23-21(24,25)15-20(32)29-18-6-4-16(5-7-18)8-9-30-10-12-31(13-11-30)19-3-1-2-17(14-19)22(26,27)28/h1-3,14,16,18H,4-13,15H2,(H,29,32). The summed E-state index contributed by atoms with van der Waals surface area (Å²) in [7, 11) is 0. The van der Waals surface area contributed by atoms with Crippen LogP contribution in [0.3, 0.4) is 0 Å². The zero-order valence-corrected chi connectivity index (χ0v) is 17.8. The molecule has 0 spiro atoms. The van der Waals surface area contributed by atoms with Gasteiger partial charge in [-0.1, -0.05) is 6.07 Å². The molecule has 1 aliphatic heterocycles. The first-order valence-electron chi connectivity index (χ1n) is 11.0. The summed E-state index contributed by atoms with van der Waals surface area (Å²) in [6.45, 7) is 3.78. The van der Waals surface area contributed by atoms with E-state index in [4.69, 9.17) is 0 Å². The summed E-state index contributed by atoms with van der Waals surface area (Å²) in [5.74, 6) is -0.480. The highest BCUT2D eigenvalue weighted by atomic mass is 19.4. The van der Waals surface area contributed by atoms with Crippen molar-refractivity contribution in [3.05, 3.63) is 29.8 Å². The van der Waals surface area contributed by atoms with Gasteiger partial charge in [0.15, 0.2) is 0 Å². The van der Waals surface area contributed by atoms with Gasteiger partial charge in [-0.25, -0.2) is 0 Å². The van der Waals surface area contributed by atoms with Crippen LogP contribution in [0.1, 0.15) is 44.1 Å². The van der Waals surface area contributed by atoms with E-state index in [0.717, 1.165) is 45.0 Å². The lowest BCUT2D eigenvalue weighted by Crippen LogP contribution is -2.47. The molecule has 180 valence electrons. The maximum atomic E-state index is 12.9. The molecule has 0 aromatic heterocycles. The first-order chi connectivity index (χ1) is 15.0. The molecule has 0 unspecified atom stereocenters. The lowest BCUT2D eigenvalue weighted by molar-refractivity contribution is -0.154. The van der Waals surface area contributed by atoms with Crippen LogP contribution in [0.15, 0.2) is 24.3 Å². The normalized spacial score (nSPS) is 23.2. The molecule has 0 bridgehead atoms. The van der Waals surface area contributed by atoms with Gasteiger partial charge in [-0.3, -0.25) is 9.69 Å². The highest BCUT2D eigenvalue weighted by Crippen LogP contribution is 2.32. The smallest absolute Gasteiger partial charge is 0.369 e. The van der Waals surface area contributed by atoms with Crippen molar-refractivity contribution in [1.82, 2.24) is 10.2 Å². The molecule has 1 aliphatic carbocycles. The second-order valence-corrected chi connectivity index (χ2v) is 8.74. The van der Waals surface area contributed by atoms with Crippen LogP contribution in [0, 0.1) is 5.92 Å². The number of amides is 1. The SMILES string of the molecule is O=C(CC(F)(F)F)NC1CCC(CCN2CCN(c3cccc(C(F)(F)F)c3)CC2)CC1. The number of nitrogens with one attached hydrogen (secondary N) is 1. The number of hydrogen-bond donors (Lipinski definition) is 1. The molecule has 1 N–H and O–H groups in total. The minimum atomic E-state index is -4.48. The van der Waals surface area contributed by atoms with Crippen LogP contribution in [0.2, 0.25) is 0 Å². The zero-order valence-electron chi connectivity index (χ0n) is 17.8. The number of anilines is 1. The summed E-state index contributed by atoms with van der Waals surface area (Å²) >= 11 is 0. The quantitative estimate of drug-likeness (QED) is 0.611. The van der Waals surface area contributed by atoms with Crippen molar-refractivity contribution in [3.63, 3.8) is 0 Å². The van der Waals surface area contributed by atoms with Crippen LogP contribution in [0.5, 0.6) is 0 Å². The maximum Gasteiger partial charge on any atom is 0.416 e. The topological polar surface area (TPSA) is 35.6 Å². The van der Waals surface area contributed by atoms with Gasteiger partial charge in [0.1, 0.15) is 6.42 Å². The minimum absolute atomic E-state index is 0.183. The number of nitrogens with zero attached hydrogens (tertiary/aromatic N) is 2. The monoisotopic (exact) mass is 465 g/mol. The summed E-state index contributed by atoms with van der Waals surface area (Å²) in [5, 5.41) is 2.49. The van der Waals surface area contributed by atoms with Crippen molar-refractivity contribution < 1.29 is 31.1 Å². The average Bonchev–Trinajstić information content (AvgIpc) is 2.72. The fraction of sp³-hybridized carbons (Fsp3) is 0.682. The summed E-state index contributed by atoms with van der Waals surface area (Å²) in [6, 6.07) is 5.23. The third-order valence-electron chi connectivity index (χ3n) is 6.34. The summed E-state index contributed by atoms with van der Waals surface area (Å²) in [5.41, 5.74) is -0.0482. The average molecular weight is 465 g/mol. The molecular formula is C22H29F6N3O. The molecule has 1 heterocycles. The van der Waals surface area contributed by atoms with E-state index in [1.54, 1.807) is 6.07 Å². The van der Waals surface area contributed by atoms with Gasteiger partial charge in [0.2, 0.25) is 5.91 Å². The molecule has 2 fully saturated rings. The van der Waals surface area contributed by atoms with Crippen LogP contribution in [0.25, 0.3) is 0 Å². The van der Waals surface area contributed by atoms with E-state index in [1.807, 2.05) is 4.90 Å². The van der Waals surface area contributed by atoms with Crippen molar-refractivity contribution >= 4 is 11.6 Å². The minimum Gasteiger partial charge on any atom is -0.369 e. The predicted molar refractivity (Wildman–Crippen MR) is 109 cm³/mol. The van der Waals surface area contributed by atoms with Crippen LogP contribution in [-0.4, -0.2) is 55.7 Å². The molecule has 0 atom stereocenters. The fourth-order valence-corrected chi connectivity index (χ4v) is 4.53. The summed E-state index contributed by atoms with van der Waals surface area (Å²) in [4.78, 5) is 15.7. The Morgan fingerprint density at radius 2 is 1.62 bits per heavy atom. The lowest BCUT2D eigenvalue weighted by Gasteiger charge is -2.37. The molecule has 2 aliphatic rings. The molecule has 1 aromatic carbocycles. The molecule has 32 heavy (non-hydrogen) atoms. The highest BCUT2D eigenvalue weighted by molar-refractivity contribution is 5.76. The number of piperazine rings is 1. The molecule has 1 amide bonds. The predicted octanol–water partition coefficient (Wildman–Crippen LogP) is 4.84. The van der Waals surface area contributed by atoms with Gasteiger partial charge in [0, 0.05) is 37.9 Å². The Balaban J connectivity index is 1.35. The highest BCUT2D eigenvalue weighted by Gasteiger charge is 2.33. The van der Waals surface area contributed by atoms with Crippen LogP contribution >= 0.6 is 0 Å². The first-order valence-corrected chi connectivity index (χ1v) is 11.0. The van der Waals surface area contributed by atoms with E-state index in [2.05, 4.69) is 10.2 Å². The van der Waals surface area contributed by atoms with Crippen molar-refractivity contribution in [1.29, 1.82) is 0 Å². The maximum absolute atomic E-state index is 12.9. The molecule has 3 rings (SSSR count). The molecule has 1 saturated carbocycles. The Hall–Kier alpha value is -1.97. The van der Waals surface area contributed by atoms with Crippen molar-refractivity contribution in [2.45, 2.75) is 56.9 Å². The lowest BCUT2D eigenvalue weighted by atomic mass is 9.84. The third kappa shape index (κ3) is 7.56. The van der Waals surface area contributed by atoms with Crippen molar-refractivity contribution in [2.75, 3.05) is 37.6 Å². The van der Waals surface area contributed by atoms with Crippen LogP contribution in [0.4, 0.5) is 32.0 Å². The third-order valence-corrected chi connectivity index (χ3v) is 6.34. The second kappa shape index (κ2) is 10.3. The Bertz CT molecular complexity index is 751. The summed E-state index contributed by atoms with van der Waals surface area (Å²) < 4.78 is 75.6. The Labute approximate surface area is 183 Å².